The van der Waals surface area contributed by atoms with E-state index < -0.39 is 0 Å². The van der Waals surface area contributed by atoms with Gasteiger partial charge in [-0.05, 0) is 36.8 Å². The van der Waals surface area contributed by atoms with Gasteiger partial charge in [-0.1, -0.05) is 13.8 Å². The van der Waals surface area contributed by atoms with Gasteiger partial charge in [-0.2, -0.15) is 15.0 Å². The molecule has 0 bridgehead atoms. The van der Waals surface area contributed by atoms with Crippen molar-refractivity contribution >= 4 is 23.5 Å². The summed E-state index contributed by atoms with van der Waals surface area (Å²) in [5, 5.41) is 6.62. The smallest absolute Gasteiger partial charge is 0.229 e. The summed E-state index contributed by atoms with van der Waals surface area (Å²) < 4.78 is 0. The van der Waals surface area contributed by atoms with Crippen LogP contribution in [0.5, 0.6) is 0 Å². The number of nitrogens with zero attached hydrogens (tertiary/aromatic N) is 3. The van der Waals surface area contributed by atoms with Gasteiger partial charge in [-0.3, -0.25) is 0 Å². The maximum absolute atomic E-state index is 5.86. The van der Waals surface area contributed by atoms with E-state index in [0.717, 1.165) is 18.9 Å². The van der Waals surface area contributed by atoms with Crippen LogP contribution in [0.1, 0.15) is 33.1 Å². The van der Waals surface area contributed by atoms with E-state index in [1.165, 1.54) is 12.8 Å². The molecule has 1 aliphatic carbocycles. The molecule has 0 aliphatic heterocycles. The first-order chi connectivity index (χ1) is 8.17. The number of halogens is 1. The van der Waals surface area contributed by atoms with Gasteiger partial charge in [0.1, 0.15) is 0 Å². The Morgan fingerprint density at radius 1 is 1.24 bits per heavy atom. The first kappa shape index (κ1) is 12.4. The van der Waals surface area contributed by atoms with Gasteiger partial charge >= 0.3 is 0 Å². The molecule has 0 saturated heterocycles. The van der Waals surface area contributed by atoms with Crippen LogP contribution < -0.4 is 10.6 Å². The van der Waals surface area contributed by atoms with Crippen LogP contribution in [0.15, 0.2) is 0 Å². The Bertz CT molecular complexity index is 378. The second kappa shape index (κ2) is 5.49. The van der Waals surface area contributed by atoms with Gasteiger partial charge < -0.3 is 10.6 Å². The lowest BCUT2D eigenvalue weighted by Gasteiger charge is -2.33. The fourth-order valence-electron chi connectivity index (χ4n) is 1.93. The summed E-state index contributed by atoms with van der Waals surface area (Å²) in [6.45, 7) is 5.16. The maximum Gasteiger partial charge on any atom is 0.229 e. The Kier molecular flexibility index (Phi) is 3.99. The van der Waals surface area contributed by atoms with E-state index in [4.69, 9.17) is 11.6 Å². The van der Waals surface area contributed by atoms with Crippen LogP contribution >= 0.6 is 11.6 Å². The molecule has 1 saturated carbocycles. The van der Waals surface area contributed by atoms with Gasteiger partial charge in [0.15, 0.2) is 0 Å². The molecule has 2 rings (SSSR count). The van der Waals surface area contributed by atoms with Crippen molar-refractivity contribution in [1.29, 1.82) is 0 Å². The quantitative estimate of drug-likeness (QED) is 0.847. The van der Waals surface area contributed by atoms with Crippen LogP contribution in [-0.2, 0) is 0 Å². The number of nitrogens with one attached hydrogen (secondary N) is 2. The highest BCUT2D eigenvalue weighted by molar-refractivity contribution is 6.28. The van der Waals surface area contributed by atoms with Gasteiger partial charge in [0.2, 0.25) is 17.2 Å². The molecule has 1 aromatic rings. The van der Waals surface area contributed by atoms with Crippen molar-refractivity contribution in [3.05, 3.63) is 5.28 Å². The summed E-state index contributed by atoms with van der Waals surface area (Å²) >= 11 is 5.86. The molecule has 0 amide bonds. The molecule has 1 fully saturated rings. The van der Waals surface area contributed by atoms with E-state index in [1.54, 1.807) is 0 Å². The molecule has 0 radical (unpaired) electrons. The molecular formula is C11H18ClN5. The monoisotopic (exact) mass is 255 g/mol. The van der Waals surface area contributed by atoms with Crippen molar-refractivity contribution in [2.45, 2.75) is 39.2 Å². The maximum atomic E-state index is 5.86. The number of rotatable bonds is 5. The predicted octanol–water partition coefficient (Wildman–Crippen LogP) is 2.56. The van der Waals surface area contributed by atoms with E-state index >= 15 is 0 Å². The molecule has 0 aromatic carbocycles. The van der Waals surface area contributed by atoms with Crippen molar-refractivity contribution in [3.8, 4) is 0 Å². The second-order valence-corrected chi connectivity index (χ2v) is 4.93. The minimum atomic E-state index is 0.230. The van der Waals surface area contributed by atoms with Gasteiger partial charge in [0.25, 0.3) is 0 Å². The van der Waals surface area contributed by atoms with Crippen LogP contribution in [0.3, 0.4) is 0 Å². The van der Waals surface area contributed by atoms with Crippen LogP contribution in [0.25, 0.3) is 0 Å². The number of hydrogen-bond acceptors (Lipinski definition) is 5. The van der Waals surface area contributed by atoms with Crippen LogP contribution in [0.4, 0.5) is 11.9 Å². The zero-order valence-electron chi connectivity index (χ0n) is 10.2. The normalized spacial score (nSPS) is 23.0. The lowest BCUT2D eigenvalue weighted by Crippen LogP contribution is -2.34. The summed E-state index contributed by atoms with van der Waals surface area (Å²) in [6.07, 6.45) is 3.36. The largest absolute Gasteiger partial charge is 0.354 e. The van der Waals surface area contributed by atoms with E-state index in [1.807, 2.05) is 0 Å². The summed E-state index contributed by atoms with van der Waals surface area (Å²) in [5.74, 6) is 1.91. The third-order valence-electron chi connectivity index (χ3n) is 2.85. The first-order valence-electron chi connectivity index (χ1n) is 6.09. The Morgan fingerprint density at radius 3 is 2.59 bits per heavy atom. The van der Waals surface area contributed by atoms with Crippen molar-refractivity contribution < 1.29 is 0 Å². The number of anilines is 2. The summed E-state index contributed by atoms with van der Waals surface area (Å²) in [6, 6.07) is 0.475. The third kappa shape index (κ3) is 3.43. The number of hydrogen-bond donors (Lipinski definition) is 2. The molecule has 5 nitrogen and oxygen atoms in total. The lowest BCUT2D eigenvalue weighted by atomic mass is 9.82. The van der Waals surface area contributed by atoms with Crippen LogP contribution in [0, 0.1) is 5.92 Å². The van der Waals surface area contributed by atoms with E-state index in [0.29, 0.717) is 17.9 Å². The summed E-state index contributed by atoms with van der Waals surface area (Å²) in [7, 11) is 0. The SMILES string of the molecule is CCCNc1nc(Cl)nc(NC2CC(C)C2)n1. The molecule has 2 N–H and O–H groups in total. The molecule has 0 spiro atoms. The van der Waals surface area contributed by atoms with Gasteiger partial charge in [-0.15, -0.1) is 0 Å². The van der Waals surface area contributed by atoms with Gasteiger partial charge in [0, 0.05) is 12.6 Å². The van der Waals surface area contributed by atoms with Crippen molar-refractivity contribution in [2.75, 3.05) is 17.2 Å². The van der Waals surface area contributed by atoms with Gasteiger partial charge in [0.05, 0.1) is 0 Å². The van der Waals surface area contributed by atoms with E-state index in [-0.39, 0.29) is 5.28 Å². The van der Waals surface area contributed by atoms with E-state index in [2.05, 4.69) is 39.4 Å². The number of aromatic nitrogens is 3. The molecule has 17 heavy (non-hydrogen) atoms. The molecule has 6 heteroatoms. The molecule has 0 unspecified atom stereocenters. The Balaban J connectivity index is 1.98. The average molecular weight is 256 g/mol. The highest BCUT2D eigenvalue weighted by Crippen LogP contribution is 2.28. The third-order valence-corrected chi connectivity index (χ3v) is 3.02. The average Bonchev–Trinajstić information content (AvgIpc) is 2.23. The minimum absolute atomic E-state index is 0.230. The predicted molar refractivity (Wildman–Crippen MR) is 69.4 cm³/mol. The zero-order valence-corrected chi connectivity index (χ0v) is 11.0. The van der Waals surface area contributed by atoms with E-state index in [9.17, 15) is 0 Å². The molecule has 94 valence electrons. The fraction of sp³-hybridized carbons (Fsp3) is 0.727. The first-order valence-corrected chi connectivity index (χ1v) is 6.47. The fourth-order valence-corrected chi connectivity index (χ4v) is 2.09. The van der Waals surface area contributed by atoms with Crippen molar-refractivity contribution in [2.24, 2.45) is 5.92 Å². The Morgan fingerprint density at radius 2 is 1.94 bits per heavy atom. The van der Waals surface area contributed by atoms with Crippen molar-refractivity contribution in [3.63, 3.8) is 0 Å². The highest BCUT2D eigenvalue weighted by Gasteiger charge is 2.25. The Labute approximate surface area is 106 Å². The molecule has 1 aliphatic rings. The lowest BCUT2D eigenvalue weighted by molar-refractivity contribution is 0.308. The zero-order chi connectivity index (χ0) is 12.3. The molecule has 1 aromatic heterocycles. The molecule has 0 atom stereocenters. The minimum Gasteiger partial charge on any atom is -0.354 e. The summed E-state index contributed by atoms with van der Waals surface area (Å²) in [5.41, 5.74) is 0. The Hall–Kier alpha value is -1.10. The highest BCUT2D eigenvalue weighted by atomic mass is 35.5. The van der Waals surface area contributed by atoms with Gasteiger partial charge in [-0.25, -0.2) is 0 Å². The standard InChI is InChI=1S/C11H18ClN5/c1-3-4-13-10-15-9(12)16-11(17-10)14-8-5-7(2)6-8/h7-8H,3-6H2,1-2H3,(H2,13,14,15,16,17). The summed E-state index contributed by atoms with van der Waals surface area (Å²) in [4.78, 5) is 12.4. The molecular weight excluding hydrogens is 238 g/mol. The molecule has 1 heterocycles. The van der Waals surface area contributed by atoms with Crippen molar-refractivity contribution in [1.82, 2.24) is 15.0 Å². The second-order valence-electron chi connectivity index (χ2n) is 4.60. The van der Waals surface area contributed by atoms with Crippen LogP contribution in [0.2, 0.25) is 5.28 Å². The van der Waals surface area contributed by atoms with Crippen LogP contribution in [-0.4, -0.2) is 27.5 Å². The topological polar surface area (TPSA) is 62.7 Å².